The van der Waals surface area contributed by atoms with E-state index in [1.165, 1.54) is 6.26 Å². The Morgan fingerprint density at radius 1 is 1.18 bits per heavy atom. The molecule has 2 saturated heterocycles. The second-order valence-electron chi connectivity index (χ2n) is 6.44. The molecule has 4 aliphatic rings. The first-order valence-corrected chi connectivity index (χ1v) is 7.75. The smallest absolute Gasteiger partial charge is 0.337 e. The molecule has 0 aromatic rings. The van der Waals surface area contributed by atoms with E-state index in [4.69, 9.17) is 14.2 Å². The van der Waals surface area contributed by atoms with E-state index in [2.05, 4.69) is 12.2 Å². The number of carbonyl (C=O) groups is 2. The van der Waals surface area contributed by atoms with Gasteiger partial charge in [0.2, 0.25) is 6.29 Å². The van der Waals surface area contributed by atoms with Crippen molar-refractivity contribution >= 4 is 11.9 Å². The van der Waals surface area contributed by atoms with Crippen LogP contribution in [0.25, 0.3) is 0 Å². The van der Waals surface area contributed by atoms with Gasteiger partial charge in [-0.1, -0.05) is 31.2 Å². The predicted molar refractivity (Wildman–Crippen MR) is 76.1 cm³/mol. The Bertz CT molecular complexity index is 602. The molecule has 0 N–H and O–H groups in total. The van der Waals surface area contributed by atoms with Gasteiger partial charge in [-0.25, -0.2) is 4.79 Å². The highest BCUT2D eigenvalue weighted by atomic mass is 16.7. The van der Waals surface area contributed by atoms with Crippen molar-refractivity contribution in [2.45, 2.75) is 32.2 Å². The van der Waals surface area contributed by atoms with Gasteiger partial charge in [-0.15, -0.1) is 0 Å². The van der Waals surface area contributed by atoms with Gasteiger partial charge in [0.05, 0.1) is 17.8 Å². The first kappa shape index (κ1) is 13.6. The molecule has 0 aromatic heterocycles. The number of hydrogen-bond donors (Lipinski definition) is 0. The fraction of sp³-hybridized carbons (Fsp3) is 0.529. The fourth-order valence-electron chi connectivity index (χ4n) is 3.81. The van der Waals surface area contributed by atoms with Crippen LogP contribution in [-0.2, 0) is 23.8 Å². The van der Waals surface area contributed by atoms with E-state index in [1.54, 1.807) is 6.92 Å². The molecule has 0 aromatic carbocycles. The van der Waals surface area contributed by atoms with Crippen LogP contribution in [0.4, 0.5) is 0 Å². The Labute approximate surface area is 128 Å². The summed E-state index contributed by atoms with van der Waals surface area (Å²) >= 11 is 0. The predicted octanol–water partition coefficient (Wildman–Crippen LogP) is 2.10. The maximum atomic E-state index is 12.1. The first-order valence-electron chi connectivity index (χ1n) is 7.75. The topological polar surface area (TPSA) is 61.8 Å². The monoisotopic (exact) mass is 302 g/mol. The van der Waals surface area contributed by atoms with Gasteiger partial charge >= 0.3 is 11.9 Å². The van der Waals surface area contributed by atoms with Crippen LogP contribution in [0.5, 0.6) is 0 Å². The zero-order chi connectivity index (χ0) is 15.3. The lowest BCUT2D eigenvalue weighted by atomic mass is 9.91. The molecule has 5 heteroatoms. The quantitative estimate of drug-likeness (QED) is 0.444. The molecule has 116 valence electrons. The maximum Gasteiger partial charge on any atom is 0.337 e. The number of cyclic esters (lactones) is 1. The van der Waals surface area contributed by atoms with Crippen molar-refractivity contribution in [3.8, 4) is 0 Å². The minimum Gasteiger partial charge on any atom is -0.462 e. The molecule has 4 rings (SSSR count). The highest BCUT2D eigenvalue weighted by Gasteiger charge is 2.52. The summed E-state index contributed by atoms with van der Waals surface area (Å²) in [4.78, 5) is 23.4. The van der Waals surface area contributed by atoms with Crippen LogP contribution < -0.4 is 0 Å². The fourth-order valence-corrected chi connectivity index (χ4v) is 3.81. The number of ether oxygens (including phenoxy) is 3. The van der Waals surface area contributed by atoms with Crippen molar-refractivity contribution in [3.63, 3.8) is 0 Å². The summed E-state index contributed by atoms with van der Waals surface area (Å²) < 4.78 is 16.2. The molecule has 0 radical (unpaired) electrons. The zero-order valence-electron chi connectivity index (χ0n) is 12.3. The van der Waals surface area contributed by atoms with E-state index in [-0.39, 0.29) is 35.8 Å². The average Bonchev–Trinajstić information content (AvgIpc) is 3.10. The third kappa shape index (κ3) is 2.07. The van der Waals surface area contributed by atoms with Crippen molar-refractivity contribution in [2.24, 2.45) is 23.7 Å². The molecule has 2 aliphatic heterocycles. The minimum atomic E-state index is -0.592. The molecular weight excluding hydrogens is 284 g/mol. The van der Waals surface area contributed by atoms with Crippen LogP contribution in [0.2, 0.25) is 0 Å². The number of rotatable bonds is 2. The van der Waals surface area contributed by atoms with Gasteiger partial charge in [-0.3, -0.25) is 4.79 Å². The molecule has 6 unspecified atom stereocenters. The Hall–Kier alpha value is -2.04. The summed E-state index contributed by atoms with van der Waals surface area (Å²) in [5.41, 5.74) is 0.566. The van der Waals surface area contributed by atoms with Gasteiger partial charge in [0, 0.05) is 18.3 Å². The Morgan fingerprint density at radius 2 is 2.00 bits per heavy atom. The van der Waals surface area contributed by atoms with Crippen LogP contribution in [0.1, 0.15) is 19.8 Å². The van der Waals surface area contributed by atoms with E-state index >= 15 is 0 Å². The van der Waals surface area contributed by atoms with E-state index in [0.717, 1.165) is 6.42 Å². The molecule has 5 nitrogen and oxygen atoms in total. The SMILES string of the molecule is CC1CC(O/C=C2/C(=O)OC3C2CC2C=CC=CC23)OC1=O. The summed E-state index contributed by atoms with van der Waals surface area (Å²) in [6.45, 7) is 1.80. The van der Waals surface area contributed by atoms with Crippen molar-refractivity contribution in [1.29, 1.82) is 0 Å². The molecule has 2 aliphatic carbocycles. The minimum absolute atomic E-state index is 0.0597. The van der Waals surface area contributed by atoms with Crippen LogP contribution in [0.3, 0.4) is 0 Å². The number of carbonyl (C=O) groups excluding carboxylic acids is 2. The first-order chi connectivity index (χ1) is 10.6. The summed E-state index contributed by atoms with van der Waals surface area (Å²) in [7, 11) is 0. The molecule has 2 heterocycles. The van der Waals surface area contributed by atoms with Crippen molar-refractivity contribution in [3.05, 3.63) is 36.1 Å². The number of fused-ring (bicyclic) bond motifs is 3. The lowest BCUT2D eigenvalue weighted by molar-refractivity contribution is -0.156. The number of allylic oxidation sites excluding steroid dienone is 3. The molecule has 3 fully saturated rings. The maximum absolute atomic E-state index is 12.1. The van der Waals surface area contributed by atoms with Crippen LogP contribution >= 0.6 is 0 Å². The van der Waals surface area contributed by atoms with Gasteiger partial charge < -0.3 is 14.2 Å². The lowest BCUT2D eigenvalue weighted by Gasteiger charge is -2.19. The average molecular weight is 302 g/mol. The molecule has 0 spiro atoms. The van der Waals surface area contributed by atoms with Crippen molar-refractivity contribution in [1.82, 2.24) is 0 Å². The van der Waals surface area contributed by atoms with Gasteiger partial charge in [-0.2, -0.15) is 0 Å². The normalized spacial score (nSPS) is 44.0. The van der Waals surface area contributed by atoms with E-state index < -0.39 is 6.29 Å². The van der Waals surface area contributed by atoms with Crippen LogP contribution in [-0.4, -0.2) is 24.3 Å². The summed E-state index contributed by atoms with van der Waals surface area (Å²) in [5.74, 6) is 0.0157. The van der Waals surface area contributed by atoms with Crippen LogP contribution in [0.15, 0.2) is 36.1 Å². The largest absolute Gasteiger partial charge is 0.462 e. The second kappa shape index (κ2) is 5.00. The molecule has 1 saturated carbocycles. The summed E-state index contributed by atoms with van der Waals surface area (Å²) in [6.07, 6.45) is 10.5. The number of esters is 2. The van der Waals surface area contributed by atoms with Crippen molar-refractivity contribution in [2.75, 3.05) is 0 Å². The lowest BCUT2D eigenvalue weighted by Crippen LogP contribution is -2.20. The van der Waals surface area contributed by atoms with Crippen molar-refractivity contribution < 1.29 is 23.8 Å². The Kier molecular flexibility index (Phi) is 3.10. The standard InChI is InChI=1S/C17H18O5/c1-9-6-14(21-16(9)18)20-8-13-12-7-10-4-2-3-5-11(10)15(12)22-17(13)19/h2-5,8-12,14-15H,6-7H2,1H3/b13-8+. The van der Waals surface area contributed by atoms with E-state index in [0.29, 0.717) is 17.9 Å². The summed E-state index contributed by atoms with van der Waals surface area (Å²) in [6, 6.07) is 0. The molecular formula is C17H18O5. The second-order valence-corrected chi connectivity index (χ2v) is 6.44. The Balaban J connectivity index is 1.49. The molecule has 0 bridgehead atoms. The Morgan fingerprint density at radius 3 is 2.77 bits per heavy atom. The summed E-state index contributed by atoms with van der Waals surface area (Å²) in [5, 5.41) is 0. The third-order valence-corrected chi connectivity index (χ3v) is 5.02. The highest BCUT2D eigenvalue weighted by Crippen LogP contribution is 2.49. The molecule has 22 heavy (non-hydrogen) atoms. The van der Waals surface area contributed by atoms with Crippen LogP contribution in [0, 0.1) is 23.7 Å². The zero-order valence-corrected chi connectivity index (χ0v) is 12.3. The van der Waals surface area contributed by atoms with E-state index in [1.807, 2.05) is 12.2 Å². The van der Waals surface area contributed by atoms with Gasteiger partial charge in [0.25, 0.3) is 0 Å². The van der Waals surface area contributed by atoms with Gasteiger partial charge in [0.1, 0.15) is 6.10 Å². The third-order valence-electron chi connectivity index (χ3n) is 5.02. The number of hydrogen-bond acceptors (Lipinski definition) is 5. The van der Waals surface area contributed by atoms with Gasteiger partial charge in [0.15, 0.2) is 0 Å². The molecule has 0 amide bonds. The van der Waals surface area contributed by atoms with E-state index in [9.17, 15) is 9.59 Å². The van der Waals surface area contributed by atoms with Gasteiger partial charge in [-0.05, 0) is 12.3 Å². The molecule has 6 atom stereocenters. The highest BCUT2D eigenvalue weighted by molar-refractivity contribution is 5.91.